The first-order valence-corrected chi connectivity index (χ1v) is 9.12. The molecule has 1 aromatic carbocycles. The molecule has 1 aliphatic heterocycles. The second-order valence-corrected chi connectivity index (χ2v) is 6.76. The number of benzene rings is 1. The monoisotopic (exact) mass is 380 g/mol. The van der Waals surface area contributed by atoms with Crippen LogP contribution >= 0.6 is 11.6 Å². The Balaban J connectivity index is 1.32. The number of H-pyrrole nitrogens is 1. The van der Waals surface area contributed by atoms with Crippen LogP contribution in [0.15, 0.2) is 48.9 Å². The van der Waals surface area contributed by atoms with E-state index in [1.54, 1.807) is 42.7 Å². The van der Waals surface area contributed by atoms with Crippen LogP contribution in [0.25, 0.3) is 11.3 Å². The number of carbonyl (C=O) groups excluding carboxylic acids is 2. The van der Waals surface area contributed by atoms with Crippen LogP contribution in [0.5, 0.6) is 0 Å². The van der Waals surface area contributed by atoms with Gasteiger partial charge in [0.05, 0.1) is 21.8 Å². The number of halogens is 1. The van der Waals surface area contributed by atoms with E-state index in [0.29, 0.717) is 22.7 Å². The first kappa shape index (κ1) is 17.4. The van der Waals surface area contributed by atoms with Gasteiger partial charge in [-0.05, 0) is 31.0 Å². The number of imide groups is 1. The van der Waals surface area contributed by atoms with E-state index in [0.717, 1.165) is 36.3 Å². The summed E-state index contributed by atoms with van der Waals surface area (Å²) in [5, 5.41) is 0.605. The van der Waals surface area contributed by atoms with Crippen molar-refractivity contribution in [3.63, 3.8) is 0 Å². The van der Waals surface area contributed by atoms with Crippen LogP contribution in [0.4, 0.5) is 0 Å². The fraction of sp³-hybridized carbons (Fsp3) is 0.200. The molecule has 1 N–H and O–H groups in total. The molecule has 1 aliphatic rings. The molecule has 3 heterocycles. The fourth-order valence-corrected chi connectivity index (χ4v) is 3.40. The predicted molar refractivity (Wildman–Crippen MR) is 102 cm³/mol. The molecule has 0 unspecified atom stereocenters. The maximum atomic E-state index is 12.3. The Bertz CT molecular complexity index is 979. The standard InChI is InChI=1S/C20H17ClN4O2/c21-16-8-9-22-11-15(16)17-12-23-18(24-17)7-3-4-10-25-19(26)13-5-1-2-6-14(13)20(25)27/h1-2,5-6,8-9,11-12H,3-4,7,10H2,(H,23,24). The number of aromatic amines is 1. The number of imidazole rings is 1. The largest absolute Gasteiger partial charge is 0.348 e. The third-order valence-electron chi connectivity index (χ3n) is 4.60. The lowest BCUT2D eigenvalue weighted by Crippen LogP contribution is -2.30. The summed E-state index contributed by atoms with van der Waals surface area (Å²) in [7, 11) is 0. The normalized spacial score (nSPS) is 13.3. The molecule has 0 atom stereocenters. The third-order valence-corrected chi connectivity index (χ3v) is 4.93. The van der Waals surface area contributed by atoms with Crippen molar-refractivity contribution in [3.8, 4) is 11.3 Å². The Labute approximate surface area is 161 Å². The number of hydrogen-bond acceptors (Lipinski definition) is 4. The van der Waals surface area contributed by atoms with Gasteiger partial charge < -0.3 is 4.98 Å². The van der Waals surface area contributed by atoms with Crippen molar-refractivity contribution in [3.05, 3.63) is 70.9 Å². The Hall–Kier alpha value is -2.99. The van der Waals surface area contributed by atoms with Gasteiger partial charge in [0.2, 0.25) is 0 Å². The zero-order valence-electron chi connectivity index (χ0n) is 14.5. The van der Waals surface area contributed by atoms with E-state index in [2.05, 4.69) is 15.0 Å². The number of aryl methyl sites for hydroxylation is 1. The fourth-order valence-electron chi connectivity index (χ4n) is 3.20. The first-order chi connectivity index (χ1) is 13.1. The van der Waals surface area contributed by atoms with Crippen molar-refractivity contribution < 1.29 is 9.59 Å². The summed E-state index contributed by atoms with van der Waals surface area (Å²) in [5.41, 5.74) is 2.52. The zero-order chi connectivity index (χ0) is 18.8. The highest BCUT2D eigenvalue weighted by atomic mass is 35.5. The number of nitrogens with one attached hydrogen (secondary N) is 1. The van der Waals surface area contributed by atoms with E-state index < -0.39 is 0 Å². The van der Waals surface area contributed by atoms with E-state index in [4.69, 9.17) is 11.6 Å². The molecule has 4 rings (SSSR count). The number of hydrogen-bond donors (Lipinski definition) is 1. The molecular weight excluding hydrogens is 364 g/mol. The van der Waals surface area contributed by atoms with Crippen LogP contribution in [-0.2, 0) is 6.42 Å². The lowest BCUT2D eigenvalue weighted by Gasteiger charge is -2.13. The van der Waals surface area contributed by atoms with Crippen molar-refractivity contribution in [2.24, 2.45) is 0 Å². The van der Waals surface area contributed by atoms with Gasteiger partial charge in [-0.2, -0.15) is 0 Å². The highest BCUT2D eigenvalue weighted by Gasteiger charge is 2.34. The maximum Gasteiger partial charge on any atom is 0.261 e. The highest BCUT2D eigenvalue weighted by molar-refractivity contribution is 6.33. The minimum absolute atomic E-state index is 0.206. The topological polar surface area (TPSA) is 79.0 Å². The smallest absolute Gasteiger partial charge is 0.261 e. The second-order valence-electron chi connectivity index (χ2n) is 6.35. The summed E-state index contributed by atoms with van der Waals surface area (Å²) in [6.45, 7) is 0.411. The molecule has 3 aromatic rings. The molecule has 27 heavy (non-hydrogen) atoms. The molecule has 7 heteroatoms. The van der Waals surface area contributed by atoms with Crippen LogP contribution in [0.2, 0.25) is 5.02 Å². The van der Waals surface area contributed by atoms with Crippen LogP contribution in [0.1, 0.15) is 39.4 Å². The molecule has 2 amide bonds. The Morgan fingerprint density at radius 2 is 1.74 bits per heavy atom. The number of aromatic nitrogens is 3. The summed E-state index contributed by atoms with van der Waals surface area (Å²) < 4.78 is 0. The molecule has 0 aliphatic carbocycles. The number of pyridine rings is 1. The van der Waals surface area contributed by atoms with Gasteiger partial charge in [-0.1, -0.05) is 23.7 Å². The molecule has 136 valence electrons. The molecule has 2 aromatic heterocycles. The number of unbranched alkanes of at least 4 members (excludes halogenated alkanes) is 1. The summed E-state index contributed by atoms with van der Waals surface area (Å²) in [5.74, 6) is 0.427. The minimum atomic E-state index is -0.206. The highest BCUT2D eigenvalue weighted by Crippen LogP contribution is 2.25. The quantitative estimate of drug-likeness (QED) is 0.522. The van der Waals surface area contributed by atoms with Crippen molar-refractivity contribution in [1.82, 2.24) is 19.9 Å². The number of amides is 2. The summed E-state index contributed by atoms with van der Waals surface area (Å²) >= 11 is 6.17. The summed E-state index contributed by atoms with van der Waals surface area (Å²) in [6.07, 6.45) is 7.38. The van der Waals surface area contributed by atoms with Gasteiger partial charge in [0.25, 0.3) is 11.8 Å². The lowest BCUT2D eigenvalue weighted by atomic mass is 10.1. The van der Waals surface area contributed by atoms with Crippen LogP contribution < -0.4 is 0 Å². The molecule has 0 saturated heterocycles. The van der Waals surface area contributed by atoms with Crippen LogP contribution in [0.3, 0.4) is 0 Å². The van der Waals surface area contributed by atoms with E-state index in [1.807, 2.05) is 6.20 Å². The SMILES string of the molecule is O=C1c2ccccc2C(=O)N1CCCCc1nc(-c2cnccc2Cl)c[nH]1. The lowest BCUT2D eigenvalue weighted by molar-refractivity contribution is 0.0652. The van der Waals surface area contributed by atoms with E-state index >= 15 is 0 Å². The summed E-state index contributed by atoms with van der Waals surface area (Å²) in [4.78, 5) is 37.8. The Morgan fingerprint density at radius 3 is 2.44 bits per heavy atom. The van der Waals surface area contributed by atoms with Gasteiger partial charge in [0.15, 0.2) is 0 Å². The number of rotatable bonds is 6. The Morgan fingerprint density at radius 1 is 1.00 bits per heavy atom. The Kier molecular flexibility index (Phi) is 4.73. The molecule has 0 spiro atoms. The van der Waals surface area contributed by atoms with Crippen molar-refractivity contribution >= 4 is 23.4 Å². The predicted octanol–water partition coefficient (Wildman–Crippen LogP) is 3.74. The summed E-state index contributed by atoms with van der Waals surface area (Å²) in [6, 6.07) is 8.67. The maximum absolute atomic E-state index is 12.3. The minimum Gasteiger partial charge on any atom is -0.348 e. The van der Waals surface area contributed by atoms with Gasteiger partial charge in [-0.3, -0.25) is 19.5 Å². The molecular formula is C20H17ClN4O2. The molecule has 0 saturated carbocycles. The van der Waals surface area contributed by atoms with Crippen molar-refractivity contribution in [2.75, 3.05) is 6.54 Å². The van der Waals surface area contributed by atoms with Gasteiger partial charge in [-0.15, -0.1) is 0 Å². The average molecular weight is 381 g/mol. The van der Waals surface area contributed by atoms with Gasteiger partial charge in [0.1, 0.15) is 5.82 Å². The molecule has 6 nitrogen and oxygen atoms in total. The van der Waals surface area contributed by atoms with Crippen LogP contribution in [0, 0.1) is 0 Å². The zero-order valence-corrected chi connectivity index (χ0v) is 15.2. The van der Waals surface area contributed by atoms with E-state index in [1.165, 1.54) is 4.90 Å². The molecule has 0 fully saturated rings. The van der Waals surface area contributed by atoms with Crippen molar-refractivity contribution in [1.29, 1.82) is 0 Å². The van der Waals surface area contributed by atoms with Gasteiger partial charge in [0, 0.05) is 37.1 Å². The van der Waals surface area contributed by atoms with Crippen LogP contribution in [-0.4, -0.2) is 38.2 Å². The second kappa shape index (κ2) is 7.32. The van der Waals surface area contributed by atoms with E-state index in [-0.39, 0.29) is 11.8 Å². The molecule has 0 bridgehead atoms. The number of carbonyl (C=O) groups is 2. The van der Waals surface area contributed by atoms with Crippen molar-refractivity contribution in [2.45, 2.75) is 19.3 Å². The van der Waals surface area contributed by atoms with Gasteiger partial charge in [-0.25, -0.2) is 4.98 Å². The first-order valence-electron chi connectivity index (χ1n) is 8.74. The van der Waals surface area contributed by atoms with Gasteiger partial charge >= 0.3 is 0 Å². The number of fused-ring (bicyclic) bond motifs is 1. The number of nitrogens with zero attached hydrogens (tertiary/aromatic N) is 3. The third kappa shape index (κ3) is 3.36. The molecule has 0 radical (unpaired) electrons. The average Bonchev–Trinajstić information content (AvgIpc) is 3.24. The van der Waals surface area contributed by atoms with E-state index in [9.17, 15) is 9.59 Å².